The molecule has 1 heterocycles. The van der Waals surface area contributed by atoms with E-state index in [-0.39, 0.29) is 35.0 Å². The Morgan fingerprint density at radius 3 is 2.52 bits per heavy atom. The molecule has 0 radical (unpaired) electrons. The molecule has 2 aromatic carbocycles. The molecule has 1 N–H and O–H groups in total. The molecule has 0 fully saturated rings. The highest BCUT2D eigenvalue weighted by Gasteiger charge is 2.18. The van der Waals surface area contributed by atoms with Crippen LogP contribution >= 0.6 is 0 Å². The van der Waals surface area contributed by atoms with Gasteiger partial charge in [0.15, 0.2) is 0 Å². The number of carboxylic acid groups (broad SMARTS) is 1. The summed E-state index contributed by atoms with van der Waals surface area (Å²) in [6.07, 6.45) is 0.719. The number of pyridine rings is 1. The minimum Gasteiger partial charge on any atom is -0.477 e. The Bertz CT molecular complexity index is 1180. The zero-order chi connectivity index (χ0) is 19.7. The Morgan fingerprint density at radius 1 is 1.11 bits per heavy atom. The maximum atomic E-state index is 14.1. The van der Waals surface area contributed by atoms with Gasteiger partial charge < -0.3 is 9.67 Å². The third-order valence-electron chi connectivity index (χ3n) is 4.10. The fraction of sp³-hybridized carbons (Fsp3) is 0.105. The lowest BCUT2D eigenvalue weighted by molar-refractivity contribution is 0.0695. The average molecular weight is 372 g/mol. The zero-order valence-electron chi connectivity index (χ0n) is 13.7. The van der Waals surface area contributed by atoms with Crippen molar-refractivity contribution in [3.63, 3.8) is 0 Å². The standard InChI is InChI=1S/C19H11F3N2O3/c20-12-1-2-15(21)11(5-12)8-24-9-14(19(26)27)18(25)13-7-16(22)10(3-4-23)6-17(13)24/h1-2,5-7,9H,3,8H2,(H,26,27). The van der Waals surface area contributed by atoms with Crippen LogP contribution in [0, 0.1) is 28.8 Å². The zero-order valence-corrected chi connectivity index (χ0v) is 13.7. The van der Waals surface area contributed by atoms with E-state index in [1.54, 1.807) is 6.07 Å². The topological polar surface area (TPSA) is 83.1 Å². The van der Waals surface area contributed by atoms with E-state index >= 15 is 0 Å². The molecule has 0 saturated heterocycles. The number of aromatic nitrogens is 1. The van der Waals surface area contributed by atoms with Gasteiger partial charge in [0.25, 0.3) is 0 Å². The van der Waals surface area contributed by atoms with E-state index < -0.39 is 34.4 Å². The fourth-order valence-electron chi connectivity index (χ4n) is 2.81. The normalized spacial score (nSPS) is 10.7. The van der Waals surface area contributed by atoms with Crippen LogP contribution in [0.2, 0.25) is 0 Å². The number of rotatable bonds is 4. The first-order valence-electron chi connectivity index (χ1n) is 7.71. The van der Waals surface area contributed by atoms with Gasteiger partial charge in [0.1, 0.15) is 23.0 Å². The number of nitriles is 1. The number of benzene rings is 2. The molecular weight excluding hydrogens is 361 g/mol. The molecule has 3 aromatic rings. The van der Waals surface area contributed by atoms with E-state index in [4.69, 9.17) is 5.26 Å². The number of hydrogen-bond acceptors (Lipinski definition) is 3. The van der Waals surface area contributed by atoms with Crippen LogP contribution in [0.4, 0.5) is 13.2 Å². The highest BCUT2D eigenvalue weighted by molar-refractivity contribution is 5.92. The van der Waals surface area contributed by atoms with Gasteiger partial charge in [0.2, 0.25) is 5.43 Å². The van der Waals surface area contributed by atoms with Crippen LogP contribution < -0.4 is 5.43 Å². The highest BCUT2D eigenvalue weighted by Crippen LogP contribution is 2.21. The number of halogens is 3. The molecule has 0 atom stereocenters. The molecule has 0 amide bonds. The monoisotopic (exact) mass is 372 g/mol. The summed E-state index contributed by atoms with van der Waals surface area (Å²) in [4.78, 5) is 23.7. The van der Waals surface area contributed by atoms with Gasteiger partial charge in [0.05, 0.1) is 24.6 Å². The van der Waals surface area contributed by atoms with Crippen molar-refractivity contribution < 1.29 is 23.1 Å². The Hall–Kier alpha value is -3.60. The van der Waals surface area contributed by atoms with Crippen molar-refractivity contribution in [2.24, 2.45) is 0 Å². The van der Waals surface area contributed by atoms with Gasteiger partial charge in [-0.2, -0.15) is 5.26 Å². The predicted molar refractivity (Wildman–Crippen MR) is 89.9 cm³/mol. The predicted octanol–water partition coefficient (Wildman–Crippen LogP) is 3.23. The van der Waals surface area contributed by atoms with Gasteiger partial charge in [0, 0.05) is 22.7 Å². The van der Waals surface area contributed by atoms with Gasteiger partial charge in [-0.3, -0.25) is 4.79 Å². The first-order valence-corrected chi connectivity index (χ1v) is 7.71. The minimum atomic E-state index is -1.53. The maximum absolute atomic E-state index is 14.1. The summed E-state index contributed by atoms with van der Waals surface area (Å²) in [7, 11) is 0. The summed E-state index contributed by atoms with van der Waals surface area (Å²) in [6, 6.07) is 6.68. The van der Waals surface area contributed by atoms with E-state index in [1.807, 2.05) is 0 Å². The van der Waals surface area contributed by atoms with Crippen molar-refractivity contribution in [3.8, 4) is 6.07 Å². The van der Waals surface area contributed by atoms with Gasteiger partial charge >= 0.3 is 5.97 Å². The minimum absolute atomic E-state index is 0.000870. The third kappa shape index (κ3) is 3.40. The molecule has 0 aliphatic rings. The Morgan fingerprint density at radius 2 is 1.85 bits per heavy atom. The van der Waals surface area contributed by atoms with Crippen LogP contribution in [-0.2, 0) is 13.0 Å². The molecule has 5 nitrogen and oxygen atoms in total. The largest absolute Gasteiger partial charge is 0.477 e. The quantitative estimate of drug-likeness (QED) is 0.762. The second-order valence-corrected chi connectivity index (χ2v) is 5.84. The Balaban J connectivity index is 2.32. The summed E-state index contributed by atoms with van der Waals surface area (Å²) in [5, 5.41) is 17.8. The molecule has 136 valence electrons. The molecule has 3 rings (SSSR count). The van der Waals surface area contributed by atoms with E-state index in [0.29, 0.717) is 0 Å². The van der Waals surface area contributed by atoms with E-state index in [9.17, 15) is 27.9 Å². The highest BCUT2D eigenvalue weighted by atomic mass is 19.1. The molecule has 0 spiro atoms. The Labute approximate surface area is 150 Å². The van der Waals surface area contributed by atoms with Gasteiger partial charge in [-0.05, 0) is 30.3 Å². The number of fused-ring (bicyclic) bond motifs is 1. The Kier molecular flexibility index (Phi) is 4.69. The lowest BCUT2D eigenvalue weighted by Crippen LogP contribution is -2.20. The maximum Gasteiger partial charge on any atom is 0.341 e. The van der Waals surface area contributed by atoms with E-state index in [1.165, 1.54) is 10.6 Å². The van der Waals surface area contributed by atoms with Gasteiger partial charge in [-0.1, -0.05) is 0 Å². The van der Waals surface area contributed by atoms with Crippen molar-refractivity contribution in [2.75, 3.05) is 0 Å². The lowest BCUT2D eigenvalue weighted by Gasteiger charge is -2.14. The first-order chi connectivity index (χ1) is 12.8. The number of hydrogen-bond donors (Lipinski definition) is 1. The van der Waals surface area contributed by atoms with Crippen LogP contribution in [-0.4, -0.2) is 15.6 Å². The van der Waals surface area contributed by atoms with E-state index in [2.05, 4.69) is 0 Å². The van der Waals surface area contributed by atoms with E-state index in [0.717, 1.165) is 30.5 Å². The van der Waals surface area contributed by atoms with Crippen LogP contribution in [0.25, 0.3) is 10.9 Å². The molecule has 0 saturated carbocycles. The SMILES string of the molecule is N#CCc1cc2c(cc1F)c(=O)c(C(=O)O)cn2Cc1cc(F)ccc1F. The first kappa shape index (κ1) is 18.2. The lowest BCUT2D eigenvalue weighted by atomic mass is 10.1. The number of aromatic carboxylic acids is 1. The average Bonchev–Trinajstić information content (AvgIpc) is 2.61. The second kappa shape index (κ2) is 6.96. The second-order valence-electron chi connectivity index (χ2n) is 5.84. The molecule has 1 aromatic heterocycles. The van der Waals surface area contributed by atoms with Crippen LogP contribution in [0.15, 0.2) is 41.3 Å². The van der Waals surface area contributed by atoms with Crippen LogP contribution in [0.3, 0.4) is 0 Å². The smallest absolute Gasteiger partial charge is 0.341 e. The number of carboxylic acids is 1. The summed E-state index contributed by atoms with van der Waals surface area (Å²) in [6.45, 7) is -0.293. The van der Waals surface area contributed by atoms with Crippen molar-refractivity contribution in [3.05, 3.63) is 80.9 Å². The van der Waals surface area contributed by atoms with Crippen molar-refractivity contribution in [1.82, 2.24) is 4.57 Å². The van der Waals surface area contributed by atoms with Crippen molar-refractivity contribution in [1.29, 1.82) is 5.26 Å². The molecule has 0 unspecified atom stereocenters. The number of nitrogens with zero attached hydrogens (tertiary/aromatic N) is 2. The van der Waals surface area contributed by atoms with Crippen molar-refractivity contribution in [2.45, 2.75) is 13.0 Å². The molecule has 27 heavy (non-hydrogen) atoms. The third-order valence-corrected chi connectivity index (χ3v) is 4.10. The summed E-state index contributed by atoms with van der Waals surface area (Å²) >= 11 is 0. The number of carbonyl (C=O) groups is 1. The molecule has 0 bridgehead atoms. The summed E-state index contributed by atoms with van der Waals surface area (Å²) in [5.74, 6) is -3.77. The van der Waals surface area contributed by atoms with Gasteiger partial charge in [-0.25, -0.2) is 18.0 Å². The van der Waals surface area contributed by atoms with Gasteiger partial charge in [-0.15, -0.1) is 0 Å². The fourth-order valence-corrected chi connectivity index (χ4v) is 2.81. The van der Waals surface area contributed by atoms with Crippen molar-refractivity contribution >= 4 is 16.9 Å². The summed E-state index contributed by atoms with van der Waals surface area (Å²) < 4.78 is 42.8. The molecule has 0 aliphatic carbocycles. The summed E-state index contributed by atoms with van der Waals surface area (Å²) in [5.41, 5.74) is -1.51. The van der Waals surface area contributed by atoms with Crippen LogP contribution in [0.5, 0.6) is 0 Å². The molecule has 8 heteroatoms. The molecule has 0 aliphatic heterocycles. The van der Waals surface area contributed by atoms with Crippen LogP contribution in [0.1, 0.15) is 21.5 Å². The molecular formula is C19H11F3N2O3.